The maximum Gasteiger partial charge on any atom is 0.0441 e. The van der Waals surface area contributed by atoms with Gasteiger partial charge in [-0.15, -0.1) is 0 Å². The minimum atomic E-state index is 0.208. The Kier molecular flexibility index (Phi) is 5.30. The molecular formula is C14H22ClN. The number of hydrogen-bond acceptors (Lipinski definition) is 1. The molecule has 0 radical (unpaired) electrons. The monoisotopic (exact) mass is 239 g/mol. The van der Waals surface area contributed by atoms with Crippen molar-refractivity contribution in [3.63, 3.8) is 0 Å². The third-order valence-electron chi connectivity index (χ3n) is 3.14. The van der Waals surface area contributed by atoms with E-state index < -0.39 is 0 Å². The quantitative estimate of drug-likeness (QED) is 0.827. The Morgan fingerprint density at radius 1 is 1.38 bits per heavy atom. The molecule has 0 fully saturated rings. The van der Waals surface area contributed by atoms with Gasteiger partial charge in [-0.3, -0.25) is 0 Å². The number of nitrogens with two attached hydrogens (primary N) is 1. The summed E-state index contributed by atoms with van der Waals surface area (Å²) >= 11 is 6.20. The Labute approximate surface area is 104 Å². The molecule has 0 aliphatic heterocycles. The highest BCUT2D eigenvalue weighted by atomic mass is 35.5. The zero-order valence-corrected chi connectivity index (χ0v) is 11.2. The van der Waals surface area contributed by atoms with Crippen LogP contribution >= 0.6 is 11.6 Å². The summed E-state index contributed by atoms with van der Waals surface area (Å²) in [6.07, 6.45) is 3.25. The van der Waals surface area contributed by atoms with E-state index >= 15 is 0 Å². The van der Waals surface area contributed by atoms with Gasteiger partial charge < -0.3 is 5.73 Å². The molecule has 0 aromatic heterocycles. The molecule has 0 saturated heterocycles. The highest BCUT2D eigenvalue weighted by molar-refractivity contribution is 6.31. The molecule has 1 aromatic carbocycles. The van der Waals surface area contributed by atoms with Gasteiger partial charge in [0, 0.05) is 11.1 Å². The Morgan fingerprint density at radius 3 is 2.62 bits per heavy atom. The second-order valence-electron chi connectivity index (χ2n) is 4.73. The van der Waals surface area contributed by atoms with Gasteiger partial charge in [-0.05, 0) is 42.9 Å². The predicted octanol–water partition coefficient (Wildman–Crippen LogP) is 3.95. The van der Waals surface area contributed by atoms with Crippen molar-refractivity contribution in [2.75, 3.05) is 0 Å². The van der Waals surface area contributed by atoms with Crippen molar-refractivity contribution in [3.8, 4) is 0 Å². The van der Waals surface area contributed by atoms with Crippen LogP contribution in [0.25, 0.3) is 0 Å². The average molecular weight is 240 g/mol. The van der Waals surface area contributed by atoms with Crippen LogP contribution in [-0.4, -0.2) is 6.04 Å². The van der Waals surface area contributed by atoms with E-state index in [1.54, 1.807) is 0 Å². The van der Waals surface area contributed by atoms with Crippen molar-refractivity contribution in [1.82, 2.24) is 0 Å². The molecule has 0 spiro atoms. The second-order valence-corrected chi connectivity index (χ2v) is 5.14. The Balaban J connectivity index is 2.65. The van der Waals surface area contributed by atoms with Gasteiger partial charge in [0.05, 0.1) is 0 Å². The molecule has 1 aromatic rings. The molecule has 16 heavy (non-hydrogen) atoms. The molecule has 0 heterocycles. The van der Waals surface area contributed by atoms with Crippen LogP contribution in [0.1, 0.15) is 37.8 Å². The number of rotatable bonds is 5. The van der Waals surface area contributed by atoms with Gasteiger partial charge in [-0.1, -0.05) is 44.0 Å². The summed E-state index contributed by atoms with van der Waals surface area (Å²) in [6.45, 7) is 6.47. The molecule has 2 unspecified atom stereocenters. The smallest absolute Gasteiger partial charge is 0.0441 e. The Bertz CT molecular complexity index is 336. The van der Waals surface area contributed by atoms with Crippen LogP contribution in [0, 0.1) is 12.8 Å². The molecule has 2 atom stereocenters. The second kappa shape index (κ2) is 6.27. The summed E-state index contributed by atoms with van der Waals surface area (Å²) in [5, 5.41) is 0.846. The molecule has 0 amide bonds. The van der Waals surface area contributed by atoms with Gasteiger partial charge in [0.2, 0.25) is 0 Å². The average Bonchev–Trinajstić information content (AvgIpc) is 2.22. The van der Waals surface area contributed by atoms with Crippen LogP contribution in [0.2, 0.25) is 5.02 Å². The molecule has 2 heteroatoms. The molecule has 0 bridgehead atoms. The molecule has 2 N–H and O–H groups in total. The predicted molar refractivity (Wildman–Crippen MR) is 71.9 cm³/mol. The molecule has 90 valence electrons. The SMILES string of the molecule is CCCC(C)C(N)Cc1ccc(C)cc1Cl. The summed E-state index contributed by atoms with van der Waals surface area (Å²) in [5.74, 6) is 0.558. The van der Waals surface area contributed by atoms with Gasteiger partial charge in [0.15, 0.2) is 0 Å². The number of halogens is 1. The number of aryl methyl sites for hydroxylation is 1. The molecule has 0 aliphatic rings. The lowest BCUT2D eigenvalue weighted by molar-refractivity contribution is 0.420. The molecule has 0 saturated carbocycles. The maximum atomic E-state index is 6.20. The minimum Gasteiger partial charge on any atom is -0.327 e. The van der Waals surface area contributed by atoms with Gasteiger partial charge in [-0.2, -0.15) is 0 Å². The number of hydrogen-bond donors (Lipinski definition) is 1. The van der Waals surface area contributed by atoms with Crippen molar-refractivity contribution in [2.24, 2.45) is 11.7 Å². The van der Waals surface area contributed by atoms with E-state index in [9.17, 15) is 0 Å². The van der Waals surface area contributed by atoms with Gasteiger partial charge in [0.25, 0.3) is 0 Å². The van der Waals surface area contributed by atoms with E-state index in [2.05, 4.69) is 32.9 Å². The summed E-state index contributed by atoms with van der Waals surface area (Å²) in [5.41, 5.74) is 8.55. The Hall–Kier alpha value is -0.530. The fraction of sp³-hybridized carbons (Fsp3) is 0.571. The van der Waals surface area contributed by atoms with Crippen LogP contribution in [0.5, 0.6) is 0 Å². The Morgan fingerprint density at radius 2 is 2.06 bits per heavy atom. The zero-order chi connectivity index (χ0) is 12.1. The summed E-state index contributed by atoms with van der Waals surface area (Å²) in [6, 6.07) is 6.41. The lowest BCUT2D eigenvalue weighted by Gasteiger charge is -2.20. The highest BCUT2D eigenvalue weighted by Gasteiger charge is 2.13. The van der Waals surface area contributed by atoms with E-state index in [-0.39, 0.29) is 6.04 Å². The van der Waals surface area contributed by atoms with Crippen molar-refractivity contribution >= 4 is 11.6 Å². The van der Waals surface area contributed by atoms with Crippen LogP contribution in [0.15, 0.2) is 18.2 Å². The third kappa shape index (κ3) is 3.80. The van der Waals surface area contributed by atoms with Crippen molar-refractivity contribution in [2.45, 2.75) is 46.1 Å². The zero-order valence-electron chi connectivity index (χ0n) is 10.5. The molecular weight excluding hydrogens is 218 g/mol. The fourth-order valence-electron chi connectivity index (χ4n) is 1.94. The number of benzene rings is 1. The normalized spacial score (nSPS) is 14.8. The van der Waals surface area contributed by atoms with E-state index in [0.717, 1.165) is 11.4 Å². The molecule has 1 rings (SSSR count). The summed E-state index contributed by atoms with van der Waals surface area (Å²) in [7, 11) is 0. The lowest BCUT2D eigenvalue weighted by Crippen LogP contribution is -2.30. The highest BCUT2D eigenvalue weighted by Crippen LogP contribution is 2.21. The van der Waals surface area contributed by atoms with Gasteiger partial charge >= 0.3 is 0 Å². The van der Waals surface area contributed by atoms with E-state index in [1.165, 1.54) is 24.0 Å². The lowest BCUT2D eigenvalue weighted by atomic mass is 9.92. The van der Waals surface area contributed by atoms with E-state index in [0.29, 0.717) is 5.92 Å². The van der Waals surface area contributed by atoms with Crippen molar-refractivity contribution in [3.05, 3.63) is 34.3 Å². The summed E-state index contributed by atoms with van der Waals surface area (Å²) < 4.78 is 0. The van der Waals surface area contributed by atoms with Gasteiger partial charge in [0.1, 0.15) is 0 Å². The van der Waals surface area contributed by atoms with Crippen LogP contribution in [0.3, 0.4) is 0 Å². The van der Waals surface area contributed by atoms with Gasteiger partial charge in [-0.25, -0.2) is 0 Å². The topological polar surface area (TPSA) is 26.0 Å². The first kappa shape index (κ1) is 13.5. The van der Waals surface area contributed by atoms with Crippen molar-refractivity contribution < 1.29 is 0 Å². The first-order valence-electron chi connectivity index (χ1n) is 6.05. The van der Waals surface area contributed by atoms with Crippen LogP contribution in [0.4, 0.5) is 0 Å². The van der Waals surface area contributed by atoms with Crippen LogP contribution in [-0.2, 0) is 6.42 Å². The fourth-order valence-corrected chi connectivity index (χ4v) is 2.25. The van der Waals surface area contributed by atoms with E-state index in [1.807, 2.05) is 6.07 Å². The third-order valence-corrected chi connectivity index (χ3v) is 3.49. The maximum absolute atomic E-state index is 6.20. The molecule has 0 aliphatic carbocycles. The van der Waals surface area contributed by atoms with Crippen LogP contribution < -0.4 is 5.73 Å². The van der Waals surface area contributed by atoms with Crippen molar-refractivity contribution in [1.29, 1.82) is 0 Å². The molecule has 1 nitrogen and oxygen atoms in total. The largest absolute Gasteiger partial charge is 0.327 e. The van der Waals surface area contributed by atoms with E-state index in [4.69, 9.17) is 17.3 Å². The first-order chi connectivity index (χ1) is 7.54. The minimum absolute atomic E-state index is 0.208. The standard InChI is InChI=1S/C14H22ClN/c1-4-5-11(3)14(16)9-12-7-6-10(2)8-13(12)15/h6-8,11,14H,4-5,9,16H2,1-3H3. The first-order valence-corrected chi connectivity index (χ1v) is 6.43. The summed E-state index contributed by atoms with van der Waals surface area (Å²) in [4.78, 5) is 0.